The normalized spacial score (nSPS) is 15.8. The second kappa shape index (κ2) is 7.63. The number of aromatic nitrogens is 1. The number of amides is 2. The van der Waals surface area contributed by atoms with E-state index in [2.05, 4.69) is 0 Å². The van der Waals surface area contributed by atoms with Crippen molar-refractivity contribution in [3.8, 4) is 0 Å². The molecule has 1 saturated heterocycles. The fourth-order valence-electron chi connectivity index (χ4n) is 3.53. The summed E-state index contributed by atoms with van der Waals surface area (Å²) in [6, 6.07) is 10.2. The van der Waals surface area contributed by atoms with Gasteiger partial charge in [0.15, 0.2) is 5.76 Å². The minimum atomic E-state index is -0.516. The first-order chi connectivity index (χ1) is 13.6. The number of hydrogen-bond donors (Lipinski definition) is 0. The lowest BCUT2D eigenvalue weighted by molar-refractivity contribution is -0.136. The topological polar surface area (TPSA) is 75.8 Å². The minimum absolute atomic E-state index is 0.0683. The maximum absolute atomic E-state index is 13.1. The van der Waals surface area contributed by atoms with Crippen LogP contribution in [0.1, 0.15) is 29.9 Å². The van der Waals surface area contributed by atoms with Crippen molar-refractivity contribution in [2.45, 2.75) is 19.4 Å². The third kappa shape index (κ3) is 3.24. The van der Waals surface area contributed by atoms with Gasteiger partial charge in [0, 0.05) is 26.2 Å². The van der Waals surface area contributed by atoms with Crippen LogP contribution < -0.4 is 5.56 Å². The van der Waals surface area contributed by atoms with Crippen molar-refractivity contribution < 1.29 is 14.0 Å². The average Bonchev–Trinajstić information content (AvgIpc) is 3.37. The molecule has 28 heavy (non-hydrogen) atoms. The molecular weight excluding hydrogens is 378 g/mol. The molecule has 0 N–H and O–H groups in total. The Morgan fingerprint density at radius 2 is 1.79 bits per heavy atom. The van der Waals surface area contributed by atoms with E-state index in [-0.39, 0.29) is 17.4 Å². The van der Waals surface area contributed by atoms with E-state index in [0.29, 0.717) is 43.7 Å². The van der Waals surface area contributed by atoms with Crippen LogP contribution in [0.5, 0.6) is 0 Å². The van der Waals surface area contributed by atoms with Gasteiger partial charge in [0.05, 0.1) is 16.3 Å². The maximum Gasteiger partial charge on any atom is 0.289 e. The van der Waals surface area contributed by atoms with Crippen LogP contribution in [0.3, 0.4) is 0 Å². The van der Waals surface area contributed by atoms with Gasteiger partial charge in [-0.1, -0.05) is 30.6 Å². The lowest BCUT2D eigenvalue weighted by atomic mass is 10.1. The third-order valence-corrected chi connectivity index (χ3v) is 6.25. The Morgan fingerprint density at radius 1 is 1.07 bits per heavy atom. The molecule has 0 unspecified atom stereocenters. The molecule has 1 aliphatic heterocycles. The molecule has 0 saturated carbocycles. The van der Waals surface area contributed by atoms with Gasteiger partial charge < -0.3 is 14.2 Å². The number of piperazine rings is 1. The van der Waals surface area contributed by atoms with Crippen molar-refractivity contribution in [2.75, 3.05) is 26.2 Å². The lowest BCUT2D eigenvalue weighted by Crippen LogP contribution is -2.52. The molecule has 0 bridgehead atoms. The zero-order valence-electron chi connectivity index (χ0n) is 15.5. The number of carbonyl (C=O) groups is 2. The first kappa shape index (κ1) is 18.5. The summed E-state index contributed by atoms with van der Waals surface area (Å²) < 4.78 is 7.64. The highest BCUT2D eigenvalue weighted by atomic mass is 32.1. The molecule has 1 aromatic carbocycles. The van der Waals surface area contributed by atoms with Gasteiger partial charge in [-0.2, -0.15) is 0 Å². The molecule has 3 aromatic rings. The van der Waals surface area contributed by atoms with E-state index in [1.807, 2.05) is 25.1 Å². The Hall–Kier alpha value is -2.87. The minimum Gasteiger partial charge on any atom is -0.459 e. The highest BCUT2D eigenvalue weighted by molar-refractivity contribution is 7.14. The molecule has 0 aliphatic carbocycles. The Balaban J connectivity index is 1.48. The van der Waals surface area contributed by atoms with Crippen molar-refractivity contribution in [1.82, 2.24) is 13.8 Å². The molecule has 8 heteroatoms. The summed E-state index contributed by atoms with van der Waals surface area (Å²) in [5, 5.41) is 0.646. The Morgan fingerprint density at radius 3 is 2.43 bits per heavy atom. The van der Waals surface area contributed by atoms with Crippen LogP contribution in [0, 0.1) is 0 Å². The number of carbonyl (C=O) groups excluding carboxylic acids is 2. The van der Waals surface area contributed by atoms with Crippen LogP contribution in [0.15, 0.2) is 51.9 Å². The number of benzene rings is 1. The molecule has 1 aliphatic rings. The van der Waals surface area contributed by atoms with E-state index in [9.17, 15) is 14.4 Å². The van der Waals surface area contributed by atoms with Gasteiger partial charge in [-0.15, -0.1) is 0 Å². The highest BCUT2D eigenvalue weighted by Gasteiger charge is 2.31. The second-order valence-corrected chi connectivity index (χ2v) is 7.75. The van der Waals surface area contributed by atoms with Gasteiger partial charge in [-0.3, -0.25) is 18.3 Å². The summed E-state index contributed by atoms with van der Waals surface area (Å²) in [5.74, 6) is 0.0779. The Labute approximate surface area is 165 Å². The van der Waals surface area contributed by atoms with Crippen LogP contribution in [-0.2, 0) is 4.79 Å². The summed E-state index contributed by atoms with van der Waals surface area (Å²) in [5.41, 5.74) is -0.118. The lowest BCUT2D eigenvalue weighted by Gasteiger charge is -2.36. The first-order valence-corrected chi connectivity index (χ1v) is 10.1. The van der Waals surface area contributed by atoms with E-state index < -0.39 is 6.04 Å². The summed E-state index contributed by atoms with van der Waals surface area (Å²) in [6.07, 6.45) is 2.01. The van der Waals surface area contributed by atoms with Crippen LogP contribution in [0.2, 0.25) is 0 Å². The summed E-state index contributed by atoms with van der Waals surface area (Å²) >= 11 is 1.33. The smallest absolute Gasteiger partial charge is 0.289 e. The van der Waals surface area contributed by atoms with Gasteiger partial charge in [-0.25, -0.2) is 0 Å². The molecule has 2 amide bonds. The molecular formula is C20H21N3O4S. The molecule has 146 valence electrons. The van der Waals surface area contributed by atoms with Crippen molar-refractivity contribution in [2.24, 2.45) is 0 Å². The van der Waals surface area contributed by atoms with Gasteiger partial charge in [-0.05, 0) is 30.7 Å². The Kier molecular flexibility index (Phi) is 5.04. The van der Waals surface area contributed by atoms with Gasteiger partial charge in [0.25, 0.3) is 11.5 Å². The van der Waals surface area contributed by atoms with Gasteiger partial charge in [0.1, 0.15) is 6.04 Å². The maximum atomic E-state index is 13.1. The largest absolute Gasteiger partial charge is 0.459 e. The van der Waals surface area contributed by atoms with Crippen LogP contribution in [0.4, 0.5) is 0 Å². The van der Waals surface area contributed by atoms with E-state index in [4.69, 9.17) is 4.42 Å². The first-order valence-electron chi connectivity index (χ1n) is 9.32. The number of hydrogen-bond acceptors (Lipinski definition) is 5. The Bertz CT molecular complexity index is 1050. The molecule has 0 radical (unpaired) electrons. The van der Waals surface area contributed by atoms with Gasteiger partial charge in [0.2, 0.25) is 5.91 Å². The van der Waals surface area contributed by atoms with E-state index in [1.165, 1.54) is 17.8 Å². The second-order valence-electron chi connectivity index (χ2n) is 6.74. The summed E-state index contributed by atoms with van der Waals surface area (Å²) in [7, 11) is 0. The SMILES string of the molecule is CC[C@@H](C(=O)N1CCN(C(=O)c2ccco2)CC1)n1sc2ccccc2c1=O. The highest BCUT2D eigenvalue weighted by Crippen LogP contribution is 2.23. The monoisotopic (exact) mass is 399 g/mol. The predicted molar refractivity (Wildman–Crippen MR) is 107 cm³/mol. The van der Waals surface area contributed by atoms with Crippen molar-refractivity contribution >= 4 is 33.4 Å². The van der Waals surface area contributed by atoms with E-state index >= 15 is 0 Å². The van der Waals surface area contributed by atoms with Crippen molar-refractivity contribution in [1.29, 1.82) is 0 Å². The van der Waals surface area contributed by atoms with Crippen molar-refractivity contribution in [3.05, 3.63) is 58.8 Å². The summed E-state index contributed by atoms with van der Waals surface area (Å²) in [6.45, 7) is 3.70. The molecule has 7 nitrogen and oxygen atoms in total. The van der Waals surface area contributed by atoms with Crippen LogP contribution in [0.25, 0.3) is 10.1 Å². The quantitative estimate of drug-likeness (QED) is 0.676. The molecule has 2 aromatic heterocycles. The summed E-state index contributed by atoms with van der Waals surface area (Å²) in [4.78, 5) is 41.7. The van der Waals surface area contributed by atoms with E-state index in [1.54, 1.807) is 32.0 Å². The third-order valence-electron chi connectivity index (χ3n) is 5.08. The van der Waals surface area contributed by atoms with E-state index in [0.717, 1.165) is 4.70 Å². The van der Waals surface area contributed by atoms with Crippen LogP contribution >= 0.6 is 11.5 Å². The standard InChI is InChI=1S/C20H21N3O4S/c1-2-15(23-18(24)14-6-3-4-8-17(14)28-23)19(25)21-9-11-22(12-10-21)20(26)16-7-5-13-27-16/h3-8,13,15H,2,9-12H2,1H3/t15-/m0/s1. The zero-order valence-corrected chi connectivity index (χ0v) is 16.4. The fraction of sp³-hybridized carbons (Fsp3) is 0.350. The molecule has 1 fully saturated rings. The molecule has 1 atom stereocenters. The molecule has 0 spiro atoms. The predicted octanol–water partition coefficient (Wildman–Crippen LogP) is 2.59. The zero-order chi connectivity index (χ0) is 19.7. The average molecular weight is 399 g/mol. The van der Waals surface area contributed by atoms with Crippen molar-refractivity contribution in [3.63, 3.8) is 0 Å². The van der Waals surface area contributed by atoms with Gasteiger partial charge >= 0.3 is 0 Å². The number of nitrogens with zero attached hydrogens (tertiary/aromatic N) is 3. The molecule has 3 heterocycles. The fourth-order valence-corrected chi connectivity index (χ4v) is 4.68. The number of rotatable bonds is 4. The van der Waals surface area contributed by atoms with Crippen LogP contribution in [-0.4, -0.2) is 51.7 Å². The molecule has 4 rings (SSSR count). The number of fused-ring (bicyclic) bond motifs is 1. The number of furan rings is 1.